The van der Waals surface area contributed by atoms with Crippen molar-refractivity contribution in [2.45, 2.75) is 82.4 Å². The molecular weight excluding hydrogens is 471 g/mol. The maximum atomic E-state index is 13.0. The average Bonchev–Trinajstić information content (AvgIpc) is 2.76. The van der Waals surface area contributed by atoms with E-state index >= 15 is 0 Å². The van der Waals surface area contributed by atoms with E-state index in [1.807, 2.05) is 19.9 Å². The van der Waals surface area contributed by atoms with Gasteiger partial charge in [-0.15, -0.1) is 0 Å². The van der Waals surface area contributed by atoms with Gasteiger partial charge in [0.15, 0.2) is 5.78 Å². The van der Waals surface area contributed by atoms with Gasteiger partial charge in [0.25, 0.3) is 0 Å². The molecular formula is C23H35N2NaO7S. The molecule has 1 aromatic rings. The Morgan fingerprint density at radius 3 is 2.29 bits per heavy atom. The maximum absolute atomic E-state index is 13.0. The minimum Gasteiger partial charge on any atom is -0.748 e. The number of nitrogens with one attached hydrogen (secondary N) is 1. The Balaban J connectivity index is 0.00000578. The summed E-state index contributed by atoms with van der Waals surface area (Å²) >= 11 is 0. The summed E-state index contributed by atoms with van der Waals surface area (Å²) in [6.07, 6.45) is 0.875. The zero-order valence-electron chi connectivity index (χ0n) is 20.2. The number of hydrogen-bond donors (Lipinski definition) is 3. The van der Waals surface area contributed by atoms with Crippen LogP contribution >= 0.6 is 0 Å². The normalized spacial score (nSPS) is 18.3. The second kappa shape index (κ2) is 14.5. The van der Waals surface area contributed by atoms with Gasteiger partial charge in [-0.05, 0) is 36.7 Å². The van der Waals surface area contributed by atoms with E-state index < -0.39 is 51.4 Å². The Bertz CT molecular complexity index is 877. The average molecular weight is 507 g/mol. The zero-order valence-corrected chi connectivity index (χ0v) is 23.0. The molecule has 1 aromatic carbocycles. The fourth-order valence-electron chi connectivity index (χ4n) is 4.41. The first-order valence-electron chi connectivity index (χ1n) is 11.4. The van der Waals surface area contributed by atoms with Crippen LogP contribution in [0.3, 0.4) is 0 Å². The van der Waals surface area contributed by atoms with Gasteiger partial charge in [-0.2, -0.15) is 0 Å². The fraction of sp³-hybridized carbons (Fsp3) is 0.652. The summed E-state index contributed by atoms with van der Waals surface area (Å²) in [5, 5.41) is 11.6. The number of alkyl carbamates (subject to hydrolysis) is 1. The Morgan fingerprint density at radius 1 is 1.18 bits per heavy atom. The molecule has 0 spiro atoms. The van der Waals surface area contributed by atoms with Crippen LogP contribution in [0.1, 0.15) is 57.9 Å². The van der Waals surface area contributed by atoms with Gasteiger partial charge in [0.1, 0.15) is 12.7 Å². The molecule has 4 N–H and O–H groups in total. The molecule has 34 heavy (non-hydrogen) atoms. The third-order valence-electron chi connectivity index (χ3n) is 6.04. The summed E-state index contributed by atoms with van der Waals surface area (Å²) in [6.45, 7) is 3.66. The van der Waals surface area contributed by atoms with E-state index in [2.05, 4.69) is 5.32 Å². The number of Topliss-reactive ketones (excluding diaryl/α,β-unsaturated/α-hetero) is 1. The van der Waals surface area contributed by atoms with Gasteiger partial charge in [-0.1, -0.05) is 63.4 Å². The number of rotatable bonds is 11. The number of carbonyl (C=O) groups excluding carboxylic acids is 2. The predicted molar refractivity (Wildman–Crippen MR) is 122 cm³/mol. The van der Waals surface area contributed by atoms with Gasteiger partial charge < -0.3 is 25.4 Å². The van der Waals surface area contributed by atoms with Gasteiger partial charge in [0.05, 0.1) is 27.5 Å². The molecule has 9 nitrogen and oxygen atoms in total. The minimum atomic E-state index is -4.85. The van der Waals surface area contributed by atoms with Crippen LogP contribution in [0, 0.1) is 11.8 Å². The fourth-order valence-corrected chi connectivity index (χ4v) is 5.68. The van der Waals surface area contributed by atoms with E-state index in [4.69, 9.17) is 10.5 Å². The van der Waals surface area contributed by atoms with E-state index in [0.717, 1.165) is 24.8 Å². The van der Waals surface area contributed by atoms with Crippen LogP contribution in [0.5, 0.6) is 0 Å². The zero-order chi connectivity index (χ0) is 24.6. The van der Waals surface area contributed by atoms with E-state index in [9.17, 15) is 27.7 Å². The Labute approximate surface area is 224 Å². The molecule has 0 saturated heterocycles. The number of aliphatic hydroxyl groups is 1. The Kier molecular flexibility index (Phi) is 13.3. The van der Waals surface area contributed by atoms with Crippen molar-refractivity contribution in [1.82, 2.24) is 5.32 Å². The Hall–Kier alpha value is -1.01. The number of ether oxygens (including phenoxy) is 1. The van der Waals surface area contributed by atoms with Crippen LogP contribution in [0.2, 0.25) is 0 Å². The SMILES string of the molecule is CC(C)C[C@H](NC(=O)OCc1ccccc1)C(=O)C(O)C(N)C(C1CCCCC1)S(=O)(=O)[O-].[Na+]. The van der Waals surface area contributed by atoms with Gasteiger partial charge in [0.2, 0.25) is 0 Å². The van der Waals surface area contributed by atoms with Crippen LogP contribution in [-0.4, -0.2) is 53.4 Å². The van der Waals surface area contributed by atoms with Gasteiger partial charge >= 0.3 is 35.7 Å². The van der Waals surface area contributed by atoms with Crippen LogP contribution in [0.15, 0.2) is 30.3 Å². The van der Waals surface area contributed by atoms with E-state index in [1.165, 1.54) is 0 Å². The third kappa shape index (κ3) is 9.56. The first kappa shape index (κ1) is 31.0. The van der Waals surface area contributed by atoms with E-state index in [0.29, 0.717) is 12.8 Å². The first-order chi connectivity index (χ1) is 15.5. The summed E-state index contributed by atoms with van der Waals surface area (Å²) in [6, 6.07) is 6.26. The van der Waals surface area contributed by atoms with E-state index in [-0.39, 0.29) is 48.5 Å². The minimum absolute atomic E-state index is 0. The molecule has 0 bridgehead atoms. The van der Waals surface area contributed by atoms with Crippen molar-refractivity contribution in [3.05, 3.63) is 35.9 Å². The Morgan fingerprint density at radius 2 is 1.76 bits per heavy atom. The predicted octanol–water partition coefficient (Wildman–Crippen LogP) is -0.917. The number of nitrogens with two attached hydrogens (primary N) is 1. The second-order valence-corrected chi connectivity index (χ2v) is 10.7. The van der Waals surface area contributed by atoms with Gasteiger partial charge in [0, 0.05) is 0 Å². The number of hydrogen-bond acceptors (Lipinski definition) is 8. The third-order valence-corrected chi connectivity index (χ3v) is 7.40. The number of amides is 1. The molecule has 11 heteroatoms. The molecule has 0 radical (unpaired) electrons. The second-order valence-electron chi connectivity index (χ2n) is 9.17. The number of benzene rings is 1. The number of aliphatic hydroxyl groups excluding tert-OH is 1. The standard InChI is InChI=1S/C23H36N2O7S.Na/c1-15(2)13-18(25-23(28)32-14-16-9-5-3-6-10-16)20(26)21(27)19(24)22(33(29,30)31)17-11-7-4-8-12-17;/h3,5-6,9-10,15,17-19,21-22,27H,4,7-8,11-14,24H2,1-2H3,(H,25,28)(H,29,30,31);/q;+1/p-1/t18-,19?,21?,22?;/m0./s1. The topological polar surface area (TPSA) is 159 Å². The van der Waals surface area contributed by atoms with Crippen molar-refractivity contribution in [3.8, 4) is 0 Å². The van der Waals surface area contributed by atoms with Crippen LogP contribution in [0.25, 0.3) is 0 Å². The van der Waals surface area contributed by atoms with Crippen molar-refractivity contribution in [3.63, 3.8) is 0 Å². The summed E-state index contributed by atoms with van der Waals surface area (Å²) < 4.78 is 41.2. The van der Waals surface area contributed by atoms with Crippen LogP contribution in [-0.2, 0) is 26.3 Å². The van der Waals surface area contributed by atoms with Crippen molar-refractivity contribution in [2.75, 3.05) is 0 Å². The quantitative estimate of drug-likeness (QED) is 0.257. The number of ketones is 1. The molecule has 1 aliphatic rings. The summed E-state index contributed by atoms with van der Waals surface area (Å²) in [7, 11) is -4.85. The first-order valence-corrected chi connectivity index (χ1v) is 12.9. The molecule has 2 rings (SSSR count). The molecule has 1 amide bonds. The van der Waals surface area contributed by atoms with Crippen molar-refractivity contribution in [1.29, 1.82) is 0 Å². The van der Waals surface area contributed by atoms with E-state index in [1.54, 1.807) is 24.3 Å². The maximum Gasteiger partial charge on any atom is 1.00 e. The van der Waals surface area contributed by atoms with Gasteiger partial charge in [-0.3, -0.25) is 4.79 Å². The molecule has 3 unspecified atom stereocenters. The largest absolute Gasteiger partial charge is 1.00 e. The molecule has 4 atom stereocenters. The molecule has 0 aliphatic heterocycles. The monoisotopic (exact) mass is 506 g/mol. The molecule has 1 saturated carbocycles. The van der Waals surface area contributed by atoms with Crippen molar-refractivity contribution in [2.24, 2.45) is 17.6 Å². The summed E-state index contributed by atoms with van der Waals surface area (Å²) in [4.78, 5) is 25.3. The summed E-state index contributed by atoms with van der Waals surface area (Å²) in [5.41, 5.74) is 6.78. The number of carbonyl (C=O) groups is 2. The molecule has 1 fully saturated rings. The molecule has 186 valence electrons. The molecule has 0 heterocycles. The summed E-state index contributed by atoms with van der Waals surface area (Å²) in [5.74, 6) is -1.38. The van der Waals surface area contributed by atoms with Crippen LogP contribution in [0.4, 0.5) is 4.79 Å². The molecule has 0 aromatic heterocycles. The van der Waals surface area contributed by atoms with Gasteiger partial charge in [-0.25, -0.2) is 13.2 Å². The van der Waals surface area contributed by atoms with Crippen molar-refractivity contribution >= 4 is 22.0 Å². The van der Waals surface area contributed by atoms with Crippen molar-refractivity contribution < 1.29 is 62.0 Å². The van der Waals surface area contributed by atoms with Crippen LogP contribution < -0.4 is 40.6 Å². The molecule has 1 aliphatic carbocycles. The smallest absolute Gasteiger partial charge is 0.748 e.